The van der Waals surface area contributed by atoms with Gasteiger partial charge in [0.05, 0.1) is 12.7 Å². The minimum Gasteiger partial charge on any atom is -0.465 e. The van der Waals surface area contributed by atoms with E-state index in [4.69, 9.17) is 15.7 Å². The fourth-order valence-corrected chi connectivity index (χ4v) is 1.54. The van der Waals surface area contributed by atoms with E-state index < -0.39 is 11.9 Å². The van der Waals surface area contributed by atoms with Gasteiger partial charge in [0, 0.05) is 12.1 Å². The van der Waals surface area contributed by atoms with Gasteiger partial charge in [-0.2, -0.15) is 5.26 Å². The topological polar surface area (TPSA) is 76.1 Å². The number of carbonyl (C=O) groups excluding carboxylic acids is 1. The lowest BCUT2D eigenvalue weighted by atomic mass is 9.99. The molecule has 1 unspecified atom stereocenters. The Morgan fingerprint density at radius 2 is 2.22 bits per heavy atom. The van der Waals surface area contributed by atoms with E-state index in [1.165, 1.54) is 0 Å². The molecule has 18 heavy (non-hydrogen) atoms. The number of nitrogens with two attached hydrogens (primary N) is 1. The third-order valence-corrected chi connectivity index (χ3v) is 2.66. The Kier molecular flexibility index (Phi) is 5.72. The fourth-order valence-electron chi connectivity index (χ4n) is 1.54. The summed E-state index contributed by atoms with van der Waals surface area (Å²) in [4.78, 5) is 11.7. The number of hydrogen-bond acceptors (Lipinski definition) is 4. The lowest BCUT2D eigenvalue weighted by molar-refractivity contribution is -0.146. The Labute approximate surface area is 107 Å². The van der Waals surface area contributed by atoms with Crippen molar-refractivity contribution < 1.29 is 9.53 Å². The summed E-state index contributed by atoms with van der Waals surface area (Å²) in [5.41, 5.74) is 7.18. The number of unbranched alkanes of at least 4 members (excludes halogenated alkanes) is 1. The maximum atomic E-state index is 11.7. The number of nitriles is 1. The van der Waals surface area contributed by atoms with E-state index in [-0.39, 0.29) is 0 Å². The summed E-state index contributed by atoms with van der Waals surface area (Å²) < 4.78 is 5.05. The van der Waals surface area contributed by atoms with Gasteiger partial charge in [0.2, 0.25) is 0 Å². The van der Waals surface area contributed by atoms with Gasteiger partial charge in [0.1, 0.15) is 5.92 Å². The summed E-state index contributed by atoms with van der Waals surface area (Å²) in [5.74, 6) is -1.25. The zero-order valence-electron chi connectivity index (χ0n) is 10.6. The Bertz CT molecular complexity index is 438. The van der Waals surface area contributed by atoms with E-state index in [0.717, 1.165) is 18.4 Å². The van der Waals surface area contributed by atoms with Gasteiger partial charge in [0.25, 0.3) is 0 Å². The molecule has 0 saturated carbocycles. The molecule has 1 rings (SSSR count). The molecule has 0 radical (unpaired) electrons. The van der Waals surface area contributed by atoms with Crippen LogP contribution in [0.15, 0.2) is 24.3 Å². The molecule has 0 amide bonds. The van der Waals surface area contributed by atoms with Gasteiger partial charge in [-0.3, -0.25) is 4.79 Å². The van der Waals surface area contributed by atoms with E-state index >= 15 is 0 Å². The van der Waals surface area contributed by atoms with Crippen molar-refractivity contribution in [3.05, 3.63) is 29.8 Å². The number of esters is 1. The van der Waals surface area contributed by atoms with Crippen LogP contribution in [0.4, 0.5) is 5.69 Å². The van der Waals surface area contributed by atoms with Crippen LogP contribution in [0.1, 0.15) is 25.3 Å². The number of nitrogens with zero attached hydrogens (tertiary/aromatic N) is 1. The molecule has 0 saturated heterocycles. The number of benzene rings is 1. The van der Waals surface area contributed by atoms with Crippen LogP contribution < -0.4 is 5.73 Å². The van der Waals surface area contributed by atoms with Gasteiger partial charge in [-0.1, -0.05) is 31.5 Å². The van der Waals surface area contributed by atoms with Crippen molar-refractivity contribution in [1.29, 1.82) is 5.26 Å². The van der Waals surface area contributed by atoms with E-state index in [1.807, 2.05) is 31.2 Å². The highest BCUT2D eigenvalue weighted by molar-refractivity contribution is 5.76. The number of nitrogen functional groups attached to an aromatic ring is 1. The zero-order chi connectivity index (χ0) is 13.4. The molecule has 4 nitrogen and oxygen atoms in total. The number of anilines is 1. The molecule has 1 atom stereocenters. The van der Waals surface area contributed by atoms with Gasteiger partial charge in [-0.05, 0) is 18.1 Å². The van der Waals surface area contributed by atoms with Crippen LogP contribution in [-0.4, -0.2) is 12.6 Å². The first-order chi connectivity index (χ1) is 8.69. The number of hydrogen-bond donors (Lipinski definition) is 1. The van der Waals surface area contributed by atoms with E-state index in [9.17, 15) is 4.79 Å². The Morgan fingerprint density at radius 1 is 1.50 bits per heavy atom. The third kappa shape index (κ3) is 4.10. The highest BCUT2D eigenvalue weighted by Crippen LogP contribution is 2.16. The van der Waals surface area contributed by atoms with Gasteiger partial charge in [-0.25, -0.2) is 0 Å². The minimum absolute atomic E-state index is 0.300. The largest absolute Gasteiger partial charge is 0.465 e. The first-order valence-corrected chi connectivity index (χ1v) is 6.08. The first-order valence-electron chi connectivity index (χ1n) is 6.08. The van der Waals surface area contributed by atoms with Gasteiger partial charge < -0.3 is 10.5 Å². The molecule has 0 aliphatic rings. The summed E-state index contributed by atoms with van der Waals surface area (Å²) in [7, 11) is 0. The third-order valence-electron chi connectivity index (χ3n) is 2.66. The van der Waals surface area contributed by atoms with Crippen LogP contribution in [0, 0.1) is 17.2 Å². The van der Waals surface area contributed by atoms with Crippen molar-refractivity contribution in [3.8, 4) is 6.07 Å². The lowest BCUT2D eigenvalue weighted by Gasteiger charge is -2.10. The van der Waals surface area contributed by atoms with Crippen LogP contribution >= 0.6 is 0 Å². The molecule has 1 aromatic rings. The van der Waals surface area contributed by atoms with Crippen molar-refractivity contribution in [2.45, 2.75) is 26.2 Å². The van der Waals surface area contributed by atoms with E-state index in [2.05, 4.69) is 0 Å². The average Bonchev–Trinajstić information content (AvgIpc) is 2.38. The predicted molar refractivity (Wildman–Crippen MR) is 69.5 cm³/mol. The van der Waals surface area contributed by atoms with Crippen molar-refractivity contribution in [3.63, 3.8) is 0 Å². The van der Waals surface area contributed by atoms with E-state index in [0.29, 0.717) is 18.7 Å². The molecular weight excluding hydrogens is 228 g/mol. The molecule has 1 aromatic carbocycles. The molecule has 0 aliphatic carbocycles. The summed E-state index contributed by atoms with van der Waals surface area (Å²) in [5, 5.41) is 9.01. The SMILES string of the molecule is CCCCOC(=O)C(C#N)Cc1ccccc1N. The van der Waals surface area contributed by atoms with Crippen LogP contribution in [0.2, 0.25) is 0 Å². The van der Waals surface area contributed by atoms with E-state index in [1.54, 1.807) is 6.07 Å². The Hall–Kier alpha value is -2.02. The Morgan fingerprint density at radius 3 is 2.83 bits per heavy atom. The average molecular weight is 246 g/mol. The second-order valence-corrected chi connectivity index (χ2v) is 4.11. The molecule has 4 heteroatoms. The minimum atomic E-state index is -0.786. The molecule has 96 valence electrons. The van der Waals surface area contributed by atoms with Gasteiger partial charge in [-0.15, -0.1) is 0 Å². The number of ether oxygens (including phenoxy) is 1. The first kappa shape index (κ1) is 14.0. The predicted octanol–water partition coefficient (Wildman–Crippen LogP) is 2.29. The van der Waals surface area contributed by atoms with Crippen molar-refractivity contribution in [2.24, 2.45) is 5.92 Å². The molecule has 0 aromatic heterocycles. The molecule has 0 aliphatic heterocycles. The number of rotatable bonds is 6. The van der Waals surface area contributed by atoms with Crippen LogP contribution in [0.5, 0.6) is 0 Å². The zero-order valence-corrected chi connectivity index (χ0v) is 10.6. The lowest BCUT2D eigenvalue weighted by Crippen LogP contribution is -2.19. The molecule has 0 bridgehead atoms. The smallest absolute Gasteiger partial charge is 0.323 e. The summed E-state index contributed by atoms with van der Waals surface area (Å²) in [6, 6.07) is 9.20. The molecule has 0 fully saturated rings. The number of carbonyl (C=O) groups is 1. The van der Waals surface area contributed by atoms with Crippen molar-refractivity contribution >= 4 is 11.7 Å². The van der Waals surface area contributed by atoms with Crippen molar-refractivity contribution in [2.75, 3.05) is 12.3 Å². The fraction of sp³-hybridized carbons (Fsp3) is 0.429. The molecule has 0 spiro atoms. The monoisotopic (exact) mass is 246 g/mol. The standard InChI is InChI=1S/C14H18N2O2/c1-2-3-8-18-14(17)12(10-15)9-11-6-4-5-7-13(11)16/h4-7,12H,2-3,8-9,16H2,1H3. The Balaban J connectivity index is 2.60. The molecule has 2 N–H and O–H groups in total. The summed E-state index contributed by atoms with van der Waals surface area (Å²) >= 11 is 0. The summed E-state index contributed by atoms with van der Waals surface area (Å²) in [6.07, 6.45) is 2.07. The summed E-state index contributed by atoms with van der Waals surface area (Å²) in [6.45, 7) is 2.39. The second-order valence-electron chi connectivity index (χ2n) is 4.11. The van der Waals surface area contributed by atoms with Crippen LogP contribution in [-0.2, 0) is 16.0 Å². The highest BCUT2D eigenvalue weighted by atomic mass is 16.5. The maximum absolute atomic E-state index is 11.7. The second kappa shape index (κ2) is 7.33. The normalized spacial score (nSPS) is 11.6. The van der Waals surface area contributed by atoms with Gasteiger partial charge in [0.15, 0.2) is 0 Å². The highest BCUT2D eigenvalue weighted by Gasteiger charge is 2.20. The number of para-hydroxylation sites is 1. The quantitative estimate of drug-likeness (QED) is 0.474. The maximum Gasteiger partial charge on any atom is 0.323 e. The molecule has 0 heterocycles. The van der Waals surface area contributed by atoms with Crippen LogP contribution in [0.25, 0.3) is 0 Å². The van der Waals surface area contributed by atoms with Crippen molar-refractivity contribution in [1.82, 2.24) is 0 Å². The van der Waals surface area contributed by atoms with Crippen LogP contribution in [0.3, 0.4) is 0 Å². The molecular formula is C14H18N2O2. The van der Waals surface area contributed by atoms with Gasteiger partial charge >= 0.3 is 5.97 Å².